The van der Waals surface area contributed by atoms with Crippen LogP contribution in [0.1, 0.15) is 17.0 Å². The third kappa shape index (κ3) is 3.58. The van der Waals surface area contributed by atoms with E-state index in [0.29, 0.717) is 18.0 Å². The van der Waals surface area contributed by atoms with Crippen LogP contribution in [0.3, 0.4) is 0 Å². The van der Waals surface area contributed by atoms with E-state index < -0.39 is 10.0 Å². The molecule has 2 aromatic rings. The molecule has 23 heavy (non-hydrogen) atoms. The molecule has 6 heteroatoms. The van der Waals surface area contributed by atoms with Crippen LogP contribution in [0.5, 0.6) is 0 Å². The van der Waals surface area contributed by atoms with Gasteiger partial charge < -0.3 is 5.73 Å². The van der Waals surface area contributed by atoms with Gasteiger partial charge in [0, 0.05) is 25.0 Å². The summed E-state index contributed by atoms with van der Waals surface area (Å²) in [6, 6.07) is 16.7. The molecule has 1 aliphatic heterocycles. The molecular weight excluding hydrogens is 332 g/mol. The molecule has 0 saturated carbocycles. The predicted octanol–water partition coefficient (Wildman–Crippen LogP) is 2.53. The van der Waals surface area contributed by atoms with Crippen molar-refractivity contribution in [3.05, 3.63) is 65.7 Å². The van der Waals surface area contributed by atoms with Crippen LogP contribution in [0.15, 0.2) is 59.5 Å². The molecule has 4 nitrogen and oxygen atoms in total. The lowest BCUT2D eigenvalue weighted by molar-refractivity contribution is 0.470. The van der Waals surface area contributed by atoms with Crippen LogP contribution in [0.4, 0.5) is 0 Å². The summed E-state index contributed by atoms with van der Waals surface area (Å²) >= 11 is 0. The van der Waals surface area contributed by atoms with Gasteiger partial charge in [0.05, 0.1) is 4.90 Å². The summed E-state index contributed by atoms with van der Waals surface area (Å²) in [4.78, 5) is 0.341. The number of nitrogens with two attached hydrogens (primary N) is 1. The molecule has 2 aromatic carbocycles. The van der Waals surface area contributed by atoms with E-state index in [1.165, 1.54) is 4.31 Å². The van der Waals surface area contributed by atoms with Gasteiger partial charge in [0.2, 0.25) is 10.0 Å². The van der Waals surface area contributed by atoms with Gasteiger partial charge in [-0.3, -0.25) is 0 Å². The van der Waals surface area contributed by atoms with E-state index in [-0.39, 0.29) is 24.4 Å². The molecule has 1 saturated heterocycles. The average molecular weight is 353 g/mol. The molecule has 0 bridgehead atoms. The second-order valence-electron chi connectivity index (χ2n) is 5.82. The molecule has 1 heterocycles. The van der Waals surface area contributed by atoms with E-state index in [4.69, 9.17) is 5.73 Å². The molecule has 0 radical (unpaired) electrons. The Morgan fingerprint density at radius 2 is 1.74 bits per heavy atom. The maximum absolute atomic E-state index is 12.8. The maximum atomic E-state index is 12.8. The van der Waals surface area contributed by atoms with Crippen LogP contribution < -0.4 is 5.73 Å². The molecular formula is C17H21ClN2O2S. The minimum Gasteiger partial charge on any atom is -0.326 e. The third-order valence-electron chi connectivity index (χ3n) is 4.19. The highest BCUT2D eigenvalue weighted by Gasteiger charge is 2.38. The van der Waals surface area contributed by atoms with Gasteiger partial charge in [-0.1, -0.05) is 42.5 Å². The Morgan fingerprint density at radius 1 is 1.04 bits per heavy atom. The number of halogens is 1. The molecule has 1 fully saturated rings. The molecule has 124 valence electrons. The molecule has 3 rings (SSSR count). The lowest BCUT2D eigenvalue weighted by Gasteiger charge is -2.17. The fourth-order valence-corrected chi connectivity index (χ4v) is 4.57. The first kappa shape index (κ1) is 17.9. The first-order valence-electron chi connectivity index (χ1n) is 7.36. The number of sulfonamides is 1. The zero-order valence-electron chi connectivity index (χ0n) is 12.9. The quantitative estimate of drug-likeness (QED) is 0.923. The van der Waals surface area contributed by atoms with Crippen molar-refractivity contribution in [3.63, 3.8) is 0 Å². The minimum absolute atomic E-state index is 0. The summed E-state index contributed by atoms with van der Waals surface area (Å²) in [5.74, 6) is 0.0424. The van der Waals surface area contributed by atoms with Crippen molar-refractivity contribution in [2.45, 2.75) is 23.8 Å². The van der Waals surface area contributed by atoms with E-state index in [1.54, 1.807) is 18.2 Å². The smallest absolute Gasteiger partial charge is 0.243 e. The molecule has 0 unspecified atom stereocenters. The summed E-state index contributed by atoms with van der Waals surface area (Å²) in [5.41, 5.74) is 8.23. The van der Waals surface area contributed by atoms with Crippen molar-refractivity contribution in [2.75, 3.05) is 13.1 Å². The molecule has 2 N–H and O–H groups in total. The van der Waals surface area contributed by atoms with Gasteiger partial charge >= 0.3 is 0 Å². The van der Waals surface area contributed by atoms with Crippen LogP contribution in [-0.2, 0) is 10.0 Å². The molecule has 2 atom stereocenters. The van der Waals surface area contributed by atoms with Crippen molar-refractivity contribution in [1.82, 2.24) is 4.31 Å². The van der Waals surface area contributed by atoms with E-state index in [0.717, 1.165) is 11.1 Å². The van der Waals surface area contributed by atoms with Crippen LogP contribution in [0, 0.1) is 6.92 Å². The lowest BCUT2D eigenvalue weighted by atomic mass is 9.95. The van der Waals surface area contributed by atoms with Crippen LogP contribution in [-0.4, -0.2) is 31.9 Å². The highest BCUT2D eigenvalue weighted by molar-refractivity contribution is 7.89. The highest BCUT2D eigenvalue weighted by atomic mass is 35.5. The maximum Gasteiger partial charge on any atom is 0.243 e. The Bertz CT molecular complexity index is 765. The summed E-state index contributed by atoms with van der Waals surface area (Å²) in [6.45, 7) is 2.68. The van der Waals surface area contributed by atoms with Gasteiger partial charge in [0.15, 0.2) is 0 Å². The summed E-state index contributed by atoms with van der Waals surface area (Å²) in [5, 5.41) is 0. The van der Waals surface area contributed by atoms with E-state index in [2.05, 4.69) is 0 Å². The van der Waals surface area contributed by atoms with Crippen LogP contribution in [0.2, 0.25) is 0 Å². The van der Waals surface area contributed by atoms with Crippen molar-refractivity contribution < 1.29 is 8.42 Å². The molecule has 1 aliphatic rings. The van der Waals surface area contributed by atoms with Crippen LogP contribution in [0.25, 0.3) is 0 Å². The largest absolute Gasteiger partial charge is 0.326 e. The van der Waals surface area contributed by atoms with Crippen molar-refractivity contribution in [1.29, 1.82) is 0 Å². The third-order valence-corrected chi connectivity index (χ3v) is 6.01. The lowest BCUT2D eigenvalue weighted by Crippen LogP contribution is -2.32. The van der Waals surface area contributed by atoms with Crippen molar-refractivity contribution in [2.24, 2.45) is 5.73 Å². The second-order valence-corrected chi connectivity index (χ2v) is 7.76. The second kappa shape index (κ2) is 7.01. The van der Waals surface area contributed by atoms with E-state index in [9.17, 15) is 8.42 Å². The summed E-state index contributed by atoms with van der Waals surface area (Å²) < 4.78 is 27.1. The van der Waals surface area contributed by atoms with Crippen LogP contribution >= 0.6 is 12.4 Å². The fourth-order valence-electron chi connectivity index (χ4n) is 2.97. The molecule has 0 spiro atoms. The van der Waals surface area contributed by atoms with Gasteiger partial charge in [0.1, 0.15) is 0 Å². The molecule has 0 aromatic heterocycles. The zero-order chi connectivity index (χ0) is 15.7. The van der Waals surface area contributed by atoms with Gasteiger partial charge in [-0.15, -0.1) is 12.4 Å². The average Bonchev–Trinajstić information content (AvgIpc) is 2.91. The number of hydrogen-bond acceptors (Lipinski definition) is 3. The molecule has 0 amide bonds. The topological polar surface area (TPSA) is 63.4 Å². The highest BCUT2D eigenvalue weighted by Crippen LogP contribution is 2.30. The molecule has 0 aliphatic carbocycles. The van der Waals surface area contributed by atoms with Gasteiger partial charge in [0.25, 0.3) is 0 Å². The van der Waals surface area contributed by atoms with Crippen molar-refractivity contribution >= 4 is 22.4 Å². The van der Waals surface area contributed by atoms with E-state index >= 15 is 0 Å². The Hall–Kier alpha value is -1.40. The fraction of sp³-hybridized carbons (Fsp3) is 0.294. The Labute approximate surface area is 143 Å². The van der Waals surface area contributed by atoms with Gasteiger partial charge in [-0.2, -0.15) is 4.31 Å². The number of nitrogens with zero attached hydrogens (tertiary/aromatic N) is 1. The number of rotatable bonds is 3. The Kier molecular flexibility index (Phi) is 5.47. The van der Waals surface area contributed by atoms with Gasteiger partial charge in [-0.25, -0.2) is 8.42 Å². The predicted molar refractivity (Wildman–Crippen MR) is 94.3 cm³/mol. The summed E-state index contributed by atoms with van der Waals surface area (Å²) in [7, 11) is -3.48. The standard InChI is InChI=1S/C17H20N2O2S.ClH/c1-13-6-5-9-15(10-13)22(20,21)19-11-16(17(18)12-19)14-7-3-2-4-8-14;/h2-10,16-17H,11-12,18H2,1H3;1H/t16-,17+;/m0./s1. The number of aryl methyl sites for hydroxylation is 1. The first-order valence-corrected chi connectivity index (χ1v) is 8.80. The Morgan fingerprint density at radius 3 is 2.39 bits per heavy atom. The van der Waals surface area contributed by atoms with E-state index in [1.807, 2.05) is 43.3 Å². The Balaban J connectivity index is 0.00000192. The minimum atomic E-state index is -3.48. The normalized spacial score (nSPS) is 21.8. The number of benzene rings is 2. The van der Waals surface area contributed by atoms with Gasteiger partial charge in [-0.05, 0) is 30.2 Å². The SMILES string of the molecule is Cc1cccc(S(=O)(=O)N2C[C@@H](N)[C@H](c3ccccc3)C2)c1.Cl. The van der Waals surface area contributed by atoms with Crippen molar-refractivity contribution in [3.8, 4) is 0 Å². The summed E-state index contributed by atoms with van der Waals surface area (Å²) in [6.07, 6.45) is 0. The monoisotopic (exact) mass is 352 g/mol. The number of hydrogen-bond donors (Lipinski definition) is 1. The first-order chi connectivity index (χ1) is 10.5. The zero-order valence-corrected chi connectivity index (χ0v) is 14.6.